The fourth-order valence-electron chi connectivity index (χ4n) is 4.32. The van der Waals surface area contributed by atoms with Gasteiger partial charge in [-0.25, -0.2) is 0 Å². The molecule has 2 fully saturated rings. The number of aromatic nitrogens is 2. The number of carbonyl (C=O) groups excluding carboxylic acids is 2. The predicted octanol–water partition coefficient (Wildman–Crippen LogP) is 3.45. The fraction of sp³-hybridized carbons (Fsp3) is 0.500. The van der Waals surface area contributed by atoms with Crippen molar-refractivity contribution in [2.24, 2.45) is 5.92 Å². The molecule has 2 amide bonds. The summed E-state index contributed by atoms with van der Waals surface area (Å²) in [4.78, 5) is 28.8. The Hall–Kier alpha value is -2.96. The zero-order valence-corrected chi connectivity index (χ0v) is 18.2. The van der Waals surface area contributed by atoms with Crippen LogP contribution in [0.3, 0.4) is 0 Å². The summed E-state index contributed by atoms with van der Waals surface area (Å²) in [6.45, 7) is 5.13. The van der Waals surface area contributed by atoms with Gasteiger partial charge in [0.25, 0.3) is 0 Å². The van der Waals surface area contributed by atoms with E-state index in [9.17, 15) is 9.59 Å². The number of nitrogens with one attached hydrogen (secondary N) is 1. The van der Waals surface area contributed by atoms with Gasteiger partial charge in [-0.1, -0.05) is 25.5 Å². The lowest BCUT2D eigenvalue weighted by Gasteiger charge is -2.38. The first-order valence-corrected chi connectivity index (χ1v) is 11.3. The molecule has 1 N–H and O–H groups in total. The molecular weight excluding hydrogens is 390 g/mol. The van der Waals surface area contributed by atoms with E-state index in [2.05, 4.69) is 39.5 Å². The van der Waals surface area contributed by atoms with E-state index in [1.54, 1.807) is 6.20 Å². The molecule has 2 aromatic rings. The Morgan fingerprint density at radius 3 is 2.48 bits per heavy atom. The zero-order chi connectivity index (χ0) is 21.6. The van der Waals surface area contributed by atoms with Gasteiger partial charge >= 0.3 is 0 Å². The third-order valence-corrected chi connectivity index (χ3v) is 6.38. The van der Waals surface area contributed by atoms with Crippen LogP contribution in [0.4, 0.5) is 11.5 Å². The van der Waals surface area contributed by atoms with Crippen molar-refractivity contribution < 1.29 is 9.59 Å². The third kappa shape index (κ3) is 5.21. The Balaban J connectivity index is 1.23. The second-order valence-corrected chi connectivity index (χ2v) is 8.55. The molecule has 31 heavy (non-hydrogen) atoms. The lowest BCUT2D eigenvalue weighted by molar-refractivity contribution is -0.132. The Labute approximate surface area is 183 Å². The van der Waals surface area contributed by atoms with Crippen molar-refractivity contribution in [3.8, 4) is 0 Å². The normalized spacial score (nSPS) is 17.3. The molecule has 0 aliphatic carbocycles. The summed E-state index contributed by atoms with van der Waals surface area (Å²) in [7, 11) is 0. The molecule has 4 rings (SSSR count). The minimum Gasteiger partial charge on any atom is -0.353 e. The summed E-state index contributed by atoms with van der Waals surface area (Å²) in [5, 5.41) is 11.0. The molecule has 0 bridgehead atoms. The second-order valence-electron chi connectivity index (χ2n) is 8.55. The van der Waals surface area contributed by atoms with Gasteiger partial charge < -0.3 is 15.1 Å². The van der Waals surface area contributed by atoms with E-state index in [1.807, 2.05) is 29.2 Å². The summed E-state index contributed by atoms with van der Waals surface area (Å²) in [6, 6.07) is 12.0. The maximum atomic E-state index is 12.5. The average molecular weight is 422 g/mol. The Kier molecular flexibility index (Phi) is 6.79. The maximum absolute atomic E-state index is 12.5. The number of carbonyl (C=O) groups is 2. The minimum absolute atomic E-state index is 0.0312. The van der Waals surface area contributed by atoms with Crippen molar-refractivity contribution in [3.05, 3.63) is 48.2 Å². The molecule has 1 aromatic carbocycles. The van der Waals surface area contributed by atoms with Crippen LogP contribution in [-0.2, 0) is 9.59 Å². The summed E-state index contributed by atoms with van der Waals surface area (Å²) < 4.78 is 0. The van der Waals surface area contributed by atoms with Crippen molar-refractivity contribution >= 4 is 23.3 Å². The highest BCUT2D eigenvalue weighted by molar-refractivity contribution is 5.94. The molecular formula is C24H31N5O2. The number of benzene rings is 1. The molecule has 2 aliphatic rings. The minimum atomic E-state index is -0.0312. The topological polar surface area (TPSA) is 78.4 Å². The number of unbranched alkanes of at least 4 members (excludes halogenated alkanes) is 1. The molecule has 1 aromatic heterocycles. The van der Waals surface area contributed by atoms with Gasteiger partial charge in [-0.2, -0.15) is 5.10 Å². The number of rotatable bonds is 7. The van der Waals surface area contributed by atoms with Gasteiger partial charge in [0.1, 0.15) is 0 Å². The van der Waals surface area contributed by atoms with Gasteiger partial charge in [-0.05, 0) is 55.0 Å². The molecule has 0 atom stereocenters. The van der Waals surface area contributed by atoms with Gasteiger partial charge in [-0.15, -0.1) is 5.10 Å². The molecule has 7 nitrogen and oxygen atoms in total. The first-order valence-electron chi connectivity index (χ1n) is 11.3. The Bertz CT molecular complexity index is 873. The van der Waals surface area contributed by atoms with Crippen molar-refractivity contribution in [2.45, 2.75) is 44.9 Å². The summed E-state index contributed by atoms with van der Waals surface area (Å²) in [6.07, 6.45) is 6.37. The third-order valence-electron chi connectivity index (χ3n) is 6.38. The molecule has 164 valence electrons. The number of nitrogens with zero attached hydrogens (tertiary/aromatic N) is 4. The monoisotopic (exact) mass is 421 g/mol. The SMILES string of the molecule is CCCCC(=O)N1CCC(c2ccc(NC(=O)C3CN(c4cccnn4)C3)cc2)CC1. The van der Waals surface area contributed by atoms with Gasteiger partial charge in [0.15, 0.2) is 5.82 Å². The summed E-state index contributed by atoms with van der Waals surface area (Å²) >= 11 is 0. The quantitative estimate of drug-likeness (QED) is 0.741. The number of piperidine rings is 1. The summed E-state index contributed by atoms with van der Waals surface area (Å²) in [5.74, 6) is 1.61. The van der Waals surface area contributed by atoms with Crippen LogP contribution in [0.5, 0.6) is 0 Å². The van der Waals surface area contributed by atoms with Crippen LogP contribution < -0.4 is 10.2 Å². The van der Waals surface area contributed by atoms with Crippen LogP contribution in [0.1, 0.15) is 50.5 Å². The summed E-state index contributed by atoms with van der Waals surface area (Å²) in [5.41, 5.74) is 2.12. The van der Waals surface area contributed by atoms with Crippen LogP contribution in [0.25, 0.3) is 0 Å². The molecule has 2 aliphatic heterocycles. The van der Waals surface area contributed by atoms with Gasteiger partial charge in [0.05, 0.1) is 5.92 Å². The van der Waals surface area contributed by atoms with Crippen LogP contribution in [0, 0.1) is 5.92 Å². The van der Waals surface area contributed by atoms with E-state index >= 15 is 0 Å². The van der Waals surface area contributed by atoms with Crippen LogP contribution in [0.2, 0.25) is 0 Å². The number of hydrogen-bond donors (Lipinski definition) is 1. The number of likely N-dealkylation sites (tertiary alicyclic amines) is 1. The molecule has 0 spiro atoms. The standard InChI is InChI=1S/C24H31N5O2/c1-2-3-6-23(30)28-14-11-19(12-15-28)18-7-9-21(10-8-18)26-24(31)20-16-29(17-20)22-5-4-13-25-27-22/h4-5,7-10,13,19-20H,2-3,6,11-12,14-17H2,1H3,(H,26,31). The van der Waals surface area contributed by atoms with E-state index in [4.69, 9.17) is 0 Å². The highest BCUT2D eigenvalue weighted by Crippen LogP contribution is 2.29. The number of amides is 2. The van der Waals surface area contributed by atoms with E-state index in [0.29, 0.717) is 31.3 Å². The van der Waals surface area contributed by atoms with Crippen molar-refractivity contribution in [2.75, 3.05) is 36.4 Å². The second kappa shape index (κ2) is 9.90. The largest absolute Gasteiger partial charge is 0.353 e. The van der Waals surface area contributed by atoms with E-state index < -0.39 is 0 Å². The molecule has 0 unspecified atom stereocenters. The maximum Gasteiger partial charge on any atom is 0.231 e. The first-order chi connectivity index (χ1) is 15.1. The molecule has 7 heteroatoms. The van der Waals surface area contributed by atoms with Crippen molar-refractivity contribution in [1.29, 1.82) is 0 Å². The van der Waals surface area contributed by atoms with Crippen LogP contribution in [0.15, 0.2) is 42.6 Å². The molecule has 0 saturated carbocycles. The van der Waals surface area contributed by atoms with Gasteiger partial charge in [0, 0.05) is 44.5 Å². The van der Waals surface area contributed by atoms with Crippen molar-refractivity contribution in [3.63, 3.8) is 0 Å². The van der Waals surface area contributed by atoms with Crippen LogP contribution >= 0.6 is 0 Å². The predicted molar refractivity (Wildman–Crippen MR) is 121 cm³/mol. The lowest BCUT2D eigenvalue weighted by atomic mass is 9.89. The van der Waals surface area contributed by atoms with Gasteiger partial charge in [0.2, 0.25) is 11.8 Å². The van der Waals surface area contributed by atoms with Gasteiger partial charge in [-0.3, -0.25) is 9.59 Å². The van der Waals surface area contributed by atoms with E-state index in [1.165, 1.54) is 5.56 Å². The smallest absolute Gasteiger partial charge is 0.231 e. The molecule has 3 heterocycles. The average Bonchev–Trinajstić information content (AvgIpc) is 2.78. The number of anilines is 2. The molecule has 0 radical (unpaired) electrons. The lowest BCUT2D eigenvalue weighted by Crippen LogP contribution is -2.52. The zero-order valence-electron chi connectivity index (χ0n) is 18.2. The Morgan fingerprint density at radius 1 is 1.10 bits per heavy atom. The van der Waals surface area contributed by atoms with E-state index in [0.717, 1.165) is 50.3 Å². The Morgan fingerprint density at radius 2 is 1.84 bits per heavy atom. The van der Waals surface area contributed by atoms with E-state index in [-0.39, 0.29) is 11.8 Å². The number of hydrogen-bond acceptors (Lipinski definition) is 5. The fourth-order valence-corrected chi connectivity index (χ4v) is 4.32. The van der Waals surface area contributed by atoms with Crippen LogP contribution in [-0.4, -0.2) is 53.1 Å². The highest BCUT2D eigenvalue weighted by Gasteiger charge is 2.33. The van der Waals surface area contributed by atoms with Crippen molar-refractivity contribution in [1.82, 2.24) is 15.1 Å². The molecule has 2 saturated heterocycles. The first kappa shape index (κ1) is 21.3. The highest BCUT2D eigenvalue weighted by atomic mass is 16.2.